The summed E-state index contributed by atoms with van der Waals surface area (Å²) in [7, 11) is -3.50. The van der Waals surface area contributed by atoms with E-state index in [4.69, 9.17) is 5.11 Å². The van der Waals surface area contributed by atoms with Crippen LogP contribution in [-0.2, 0) is 14.8 Å². The third-order valence-corrected chi connectivity index (χ3v) is 3.89. The molecule has 0 aliphatic heterocycles. The van der Waals surface area contributed by atoms with E-state index >= 15 is 0 Å². The Balaban J connectivity index is 4.17. The van der Waals surface area contributed by atoms with Crippen LogP contribution in [0.2, 0.25) is 0 Å². The van der Waals surface area contributed by atoms with E-state index in [0.29, 0.717) is 6.54 Å². The average Bonchev–Trinajstić information content (AvgIpc) is 2.22. The third kappa shape index (κ3) is 8.12. The van der Waals surface area contributed by atoms with Crippen LogP contribution in [0.15, 0.2) is 0 Å². The average molecular weight is 266 g/mol. The maximum Gasteiger partial charge on any atom is 0.304 e. The first-order valence-electron chi connectivity index (χ1n) is 5.74. The fraction of sp³-hybridized carbons (Fsp3) is 0.900. The molecule has 0 aliphatic carbocycles. The van der Waals surface area contributed by atoms with Gasteiger partial charge in [0.2, 0.25) is 10.0 Å². The van der Waals surface area contributed by atoms with Crippen molar-refractivity contribution >= 4 is 16.0 Å². The first-order chi connectivity index (χ1) is 7.80. The molecule has 0 fully saturated rings. The topological polar surface area (TPSA) is 86.7 Å². The standard InChI is InChI=1S/C10H22N2O4S/c1-4-12(5-2)8-9(3)11-17(15,16)7-6-10(13)14/h9,11H,4-8H2,1-3H3,(H,13,14). The molecule has 6 nitrogen and oxygen atoms in total. The molecular weight excluding hydrogens is 244 g/mol. The Morgan fingerprint density at radius 2 is 1.88 bits per heavy atom. The molecule has 2 N–H and O–H groups in total. The summed E-state index contributed by atoms with van der Waals surface area (Å²) >= 11 is 0. The number of hydrogen-bond acceptors (Lipinski definition) is 4. The first kappa shape index (κ1) is 16.3. The van der Waals surface area contributed by atoms with Gasteiger partial charge in [0.25, 0.3) is 0 Å². The van der Waals surface area contributed by atoms with Crippen molar-refractivity contribution in [3.8, 4) is 0 Å². The molecule has 0 radical (unpaired) electrons. The van der Waals surface area contributed by atoms with Crippen molar-refractivity contribution in [2.75, 3.05) is 25.4 Å². The Kier molecular flexibility index (Phi) is 7.33. The van der Waals surface area contributed by atoms with E-state index in [1.165, 1.54) is 0 Å². The minimum absolute atomic E-state index is 0.214. The second-order valence-electron chi connectivity index (χ2n) is 3.97. The van der Waals surface area contributed by atoms with E-state index in [-0.39, 0.29) is 18.2 Å². The number of hydrogen-bond donors (Lipinski definition) is 2. The molecule has 102 valence electrons. The van der Waals surface area contributed by atoms with Gasteiger partial charge in [0.15, 0.2) is 0 Å². The molecule has 0 aliphatic rings. The van der Waals surface area contributed by atoms with E-state index < -0.39 is 16.0 Å². The number of carboxylic acids is 1. The Labute approximate surface area is 103 Å². The van der Waals surface area contributed by atoms with Gasteiger partial charge in [-0.1, -0.05) is 13.8 Å². The Hall–Kier alpha value is -0.660. The lowest BCUT2D eigenvalue weighted by atomic mass is 10.3. The van der Waals surface area contributed by atoms with Crippen molar-refractivity contribution in [1.29, 1.82) is 0 Å². The summed E-state index contributed by atoms with van der Waals surface area (Å²) in [6.45, 7) is 8.13. The second-order valence-corrected chi connectivity index (χ2v) is 5.84. The van der Waals surface area contributed by atoms with Gasteiger partial charge in [-0.2, -0.15) is 0 Å². The normalized spacial score (nSPS) is 13.9. The summed E-state index contributed by atoms with van der Waals surface area (Å²) in [5.41, 5.74) is 0. The fourth-order valence-corrected chi connectivity index (χ4v) is 2.74. The van der Waals surface area contributed by atoms with Crippen molar-refractivity contribution in [2.24, 2.45) is 0 Å². The van der Waals surface area contributed by atoms with Crippen molar-refractivity contribution < 1.29 is 18.3 Å². The molecule has 0 heterocycles. The first-order valence-corrected chi connectivity index (χ1v) is 7.40. The van der Waals surface area contributed by atoms with Crippen LogP contribution in [0.25, 0.3) is 0 Å². The molecule has 0 spiro atoms. The van der Waals surface area contributed by atoms with Gasteiger partial charge in [0.05, 0.1) is 12.2 Å². The number of rotatable bonds is 9. The number of nitrogens with zero attached hydrogens (tertiary/aromatic N) is 1. The number of aliphatic carboxylic acids is 1. The highest BCUT2D eigenvalue weighted by Crippen LogP contribution is 1.96. The molecular formula is C10H22N2O4S. The van der Waals surface area contributed by atoms with Crippen LogP contribution >= 0.6 is 0 Å². The Morgan fingerprint density at radius 1 is 1.35 bits per heavy atom. The third-order valence-electron chi connectivity index (χ3n) is 2.39. The van der Waals surface area contributed by atoms with E-state index in [0.717, 1.165) is 13.1 Å². The van der Waals surface area contributed by atoms with Gasteiger partial charge < -0.3 is 10.0 Å². The second kappa shape index (κ2) is 7.62. The SMILES string of the molecule is CCN(CC)CC(C)NS(=O)(=O)CCC(=O)O. The summed E-state index contributed by atoms with van der Waals surface area (Å²) < 4.78 is 25.5. The van der Waals surface area contributed by atoms with Crippen LogP contribution in [0.4, 0.5) is 0 Å². The lowest BCUT2D eigenvalue weighted by Gasteiger charge is -2.23. The molecule has 0 aromatic carbocycles. The van der Waals surface area contributed by atoms with E-state index in [2.05, 4.69) is 9.62 Å². The summed E-state index contributed by atoms with van der Waals surface area (Å²) in [6, 6.07) is -0.214. The summed E-state index contributed by atoms with van der Waals surface area (Å²) in [5.74, 6) is -1.47. The lowest BCUT2D eigenvalue weighted by Crippen LogP contribution is -2.42. The largest absolute Gasteiger partial charge is 0.481 e. The van der Waals surface area contributed by atoms with Crippen LogP contribution in [0.1, 0.15) is 27.2 Å². The van der Waals surface area contributed by atoms with E-state index in [1.807, 2.05) is 13.8 Å². The van der Waals surface area contributed by atoms with Gasteiger partial charge in [-0.15, -0.1) is 0 Å². The van der Waals surface area contributed by atoms with E-state index in [1.54, 1.807) is 6.92 Å². The van der Waals surface area contributed by atoms with E-state index in [9.17, 15) is 13.2 Å². The maximum absolute atomic E-state index is 11.5. The summed E-state index contributed by atoms with van der Waals surface area (Å²) in [5, 5.41) is 8.43. The molecule has 0 aromatic rings. The lowest BCUT2D eigenvalue weighted by molar-refractivity contribution is -0.136. The minimum Gasteiger partial charge on any atom is -0.481 e. The van der Waals surface area contributed by atoms with Gasteiger partial charge in [-0.25, -0.2) is 13.1 Å². The van der Waals surface area contributed by atoms with Crippen molar-refractivity contribution in [3.05, 3.63) is 0 Å². The van der Waals surface area contributed by atoms with Gasteiger partial charge in [-0.3, -0.25) is 4.79 Å². The predicted octanol–water partition coefficient (Wildman–Crippen LogP) is 0.111. The van der Waals surface area contributed by atoms with Gasteiger partial charge in [-0.05, 0) is 20.0 Å². The van der Waals surface area contributed by atoms with Crippen LogP contribution < -0.4 is 4.72 Å². The van der Waals surface area contributed by atoms with Crippen LogP contribution in [-0.4, -0.2) is 55.8 Å². The summed E-state index contributed by atoms with van der Waals surface area (Å²) in [4.78, 5) is 12.4. The highest BCUT2D eigenvalue weighted by Gasteiger charge is 2.17. The number of likely N-dealkylation sites (N-methyl/N-ethyl adjacent to an activating group) is 1. The smallest absolute Gasteiger partial charge is 0.304 e. The highest BCUT2D eigenvalue weighted by atomic mass is 32.2. The van der Waals surface area contributed by atoms with Crippen molar-refractivity contribution in [2.45, 2.75) is 33.2 Å². The molecule has 1 unspecified atom stereocenters. The van der Waals surface area contributed by atoms with Crippen LogP contribution in [0.3, 0.4) is 0 Å². The molecule has 0 rings (SSSR count). The molecule has 0 aromatic heterocycles. The molecule has 1 atom stereocenters. The Bertz CT molecular complexity index is 325. The molecule has 0 saturated heterocycles. The molecule has 0 amide bonds. The van der Waals surface area contributed by atoms with Crippen molar-refractivity contribution in [3.63, 3.8) is 0 Å². The molecule has 0 saturated carbocycles. The van der Waals surface area contributed by atoms with Crippen LogP contribution in [0.5, 0.6) is 0 Å². The summed E-state index contributed by atoms with van der Waals surface area (Å²) in [6.07, 6.45) is -0.368. The number of carboxylic acid groups (broad SMARTS) is 1. The number of carbonyl (C=O) groups is 1. The number of sulfonamides is 1. The quantitative estimate of drug-likeness (QED) is 0.618. The molecule has 0 bridgehead atoms. The van der Waals surface area contributed by atoms with Gasteiger partial charge in [0.1, 0.15) is 0 Å². The highest BCUT2D eigenvalue weighted by molar-refractivity contribution is 7.89. The fourth-order valence-electron chi connectivity index (χ4n) is 1.49. The van der Waals surface area contributed by atoms with Crippen LogP contribution in [0, 0.1) is 0 Å². The number of nitrogens with one attached hydrogen (secondary N) is 1. The predicted molar refractivity (Wildman–Crippen MR) is 66.4 cm³/mol. The maximum atomic E-state index is 11.5. The minimum atomic E-state index is -3.50. The zero-order valence-electron chi connectivity index (χ0n) is 10.6. The van der Waals surface area contributed by atoms with Crippen molar-refractivity contribution in [1.82, 2.24) is 9.62 Å². The molecule has 17 heavy (non-hydrogen) atoms. The Morgan fingerprint density at radius 3 is 2.29 bits per heavy atom. The zero-order valence-corrected chi connectivity index (χ0v) is 11.5. The molecule has 7 heteroatoms. The van der Waals surface area contributed by atoms with Gasteiger partial charge in [0, 0.05) is 12.6 Å². The monoisotopic (exact) mass is 266 g/mol. The van der Waals surface area contributed by atoms with Gasteiger partial charge >= 0.3 is 5.97 Å². The zero-order chi connectivity index (χ0) is 13.5.